The first-order valence-electron chi connectivity index (χ1n) is 6.42. The lowest BCUT2D eigenvalue weighted by Crippen LogP contribution is -2.37. The number of carbonyl (C=O) groups is 2. The molecule has 1 heterocycles. The van der Waals surface area contributed by atoms with Crippen molar-refractivity contribution in [3.05, 3.63) is 34.1 Å². The van der Waals surface area contributed by atoms with Crippen molar-refractivity contribution in [2.75, 3.05) is 13.7 Å². The van der Waals surface area contributed by atoms with E-state index in [4.69, 9.17) is 9.84 Å². The Morgan fingerprint density at radius 2 is 2.19 bits per heavy atom. The number of hydrogen-bond donors (Lipinski definition) is 1. The van der Waals surface area contributed by atoms with Gasteiger partial charge in [-0.05, 0) is 24.6 Å². The van der Waals surface area contributed by atoms with Crippen LogP contribution in [0.3, 0.4) is 0 Å². The summed E-state index contributed by atoms with van der Waals surface area (Å²) in [4.78, 5) is 24.9. The van der Waals surface area contributed by atoms with Gasteiger partial charge in [0.2, 0.25) is 0 Å². The highest BCUT2D eigenvalue weighted by Crippen LogP contribution is 2.26. The second-order valence-corrected chi connectivity index (χ2v) is 5.88. The molecule has 2 atom stereocenters. The molecule has 2 rings (SSSR count). The number of likely N-dealkylation sites (tertiary alicyclic amines) is 1. The Balaban J connectivity index is 2.24. The Labute approximate surface area is 129 Å². The zero-order valence-corrected chi connectivity index (χ0v) is 13.0. The molecule has 1 aromatic rings. The van der Waals surface area contributed by atoms with Crippen LogP contribution in [0.1, 0.15) is 23.2 Å². The van der Waals surface area contributed by atoms with Crippen molar-refractivity contribution in [3.63, 3.8) is 0 Å². The Hall–Kier alpha value is -1.47. The van der Waals surface area contributed by atoms with Gasteiger partial charge in [0.05, 0.1) is 12.5 Å². The summed E-state index contributed by atoms with van der Waals surface area (Å²) in [7, 11) is 1.52. The number of benzene rings is 1. The molecule has 114 valence electrons. The molecular formula is C14H15BrFNO4. The van der Waals surface area contributed by atoms with E-state index >= 15 is 0 Å². The second-order valence-electron chi connectivity index (χ2n) is 4.96. The minimum atomic E-state index is -0.977. The monoisotopic (exact) mass is 359 g/mol. The molecule has 0 saturated carbocycles. The third-order valence-electron chi connectivity index (χ3n) is 3.49. The minimum absolute atomic E-state index is 0.151. The fraction of sp³-hybridized carbons (Fsp3) is 0.429. The van der Waals surface area contributed by atoms with Gasteiger partial charge in [-0.15, -0.1) is 0 Å². The summed E-state index contributed by atoms with van der Waals surface area (Å²) in [5.41, 5.74) is 0.189. The van der Waals surface area contributed by atoms with Crippen molar-refractivity contribution >= 4 is 27.8 Å². The lowest BCUT2D eigenvalue weighted by Gasteiger charge is -2.23. The summed E-state index contributed by atoms with van der Waals surface area (Å²) in [6, 6.07) is 3.48. The molecular weight excluding hydrogens is 345 g/mol. The van der Waals surface area contributed by atoms with Gasteiger partial charge in [-0.25, -0.2) is 4.39 Å². The first-order chi connectivity index (χ1) is 9.90. The number of carboxylic acid groups (broad SMARTS) is 1. The van der Waals surface area contributed by atoms with Gasteiger partial charge in [0.15, 0.2) is 0 Å². The lowest BCUT2D eigenvalue weighted by atomic mass is 10.1. The summed E-state index contributed by atoms with van der Waals surface area (Å²) < 4.78 is 19.1. The smallest absolute Gasteiger partial charge is 0.305 e. The van der Waals surface area contributed by atoms with Crippen molar-refractivity contribution in [1.82, 2.24) is 4.90 Å². The largest absolute Gasteiger partial charge is 0.481 e. The molecule has 5 nitrogen and oxygen atoms in total. The molecule has 1 amide bonds. The predicted octanol–water partition coefficient (Wildman–Crippen LogP) is 2.29. The predicted molar refractivity (Wildman–Crippen MR) is 76.6 cm³/mol. The summed E-state index contributed by atoms with van der Waals surface area (Å²) in [5.74, 6) is -1.89. The number of aliphatic carboxylic acids is 1. The van der Waals surface area contributed by atoms with Crippen molar-refractivity contribution in [2.45, 2.75) is 25.0 Å². The van der Waals surface area contributed by atoms with Gasteiger partial charge in [0.25, 0.3) is 5.91 Å². The maximum Gasteiger partial charge on any atom is 0.305 e. The number of nitrogens with zero attached hydrogens (tertiary/aromatic N) is 1. The molecule has 1 N–H and O–H groups in total. The number of hydrogen-bond acceptors (Lipinski definition) is 3. The van der Waals surface area contributed by atoms with Crippen molar-refractivity contribution in [1.29, 1.82) is 0 Å². The Bertz CT molecular complexity index is 546. The number of amides is 1. The average molecular weight is 360 g/mol. The van der Waals surface area contributed by atoms with Crippen LogP contribution in [-0.2, 0) is 9.53 Å². The normalized spacial score (nSPS) is 21.6. The molecule has 21 heavy (non-hydrogen) atoms. The van der Waals surface area contributed by atoms with Crippen LogP contribution in [-0.4, -0.2) is 47.7 Å². The first kappa shape index (κ1) is 15.9. The minimum Gasteiger partial charge on any atom is -0.481 e. The van der Waals surface area contributed by atoms with Gasteiger partial charge in [-0.2, -0.15) is 0 Å². The van der Waals surface area contributed by atoms with E-state index in [1.54, 1.807) is 0 Å². The number of ether oxygens (including phenoxy) is 1. The van der Waals surface area contributed by atoms with Crippen LogP contribution in [0.4, 0.5) is 4.39 Å². The molecule has 0 aromatic heterocycles. The highest BCUT2D eigenvalue weighted by Gasteiger charge is 2.37. The van der Waals surface area contributed by atoms with Crippen molar-refractivity contribution in [3.8, 4) is 0 Å². The van der Waals surface area contributed by atoms with Crippen LogP contribution in [0.5, 0.6) is 0 Å². The van der Waals surface area contributed by atoms with E-state index in [1.807, 2.05) is 0 Å². The van der Waals surface area contributed by atoms with Gasteiger partial charge < -0.3 is 14.7 Å². The number of carboxylic acids is 1. The molecule has 2 unspecified atom stereocenters. The third-order valence-corrected chi connectivity index (χ3v) is 3.95. The summed E-state index contributed by atoms with van der Waals surface area (Å²) in [5, 5.41) is 8.94. The van der Waals surface area contributed by atoms with Gasteiger partial charge >= 0.3 is 5.97 Å². The van der Waals surface area contributed by atoms with Gasteiger partial charge in [-0.1, -0.05) is 15.9 Å². The van der Waals surface area contributed by atoms with Crippen LogP contribution < -0.4 is 0 Å². The molecule has 1 aliphatic rings. The molecule has 0 aliphatic carbocycles. The van der Waals surface area contributed by atoms with E-state index in [0.29, 0.717) is 17.4 Å². The average Bonchev–Trinajstić information content (AvgIpc) is 2.79. The van der Waals surface area contributed by atoms with Crippen LogP contribution in [0.15, 0.2) is 22.7 Å². The summed E-state index contributed by atoms with van der Waals surface area (Å²) in [6.45, 7) is 0.307. The van der Waals surface area contributed by atoms with E-state index in [1.165, 1.54) is 24.1 Å². The topological polar surface area (TPSA) is 66.8 Å². The second kappa shape index (κ2) is 6.53. The van der Waals surface area contributed by atoms with E-state index < -0.39 is 17.8 Å². The Morgan fingerprint density at radius 3 is 2.76 bits per heavy atom. The van der Waals surface area contributed by atoms with Gasteiger partial charge in [0, 0.05) is 29.7 Å². The molecule has 7 heteroatoms. The van der Waals surface area contributed by atoms with E-state index in [-0.39, 0.29) is 24.0 Å². The molecule has 0 radical (unpaired) electrons. The van der Waals surface area contributed by atoms with Gasteiger partial charge in [0.1, 0.15) is 5.82 Å². The van der Waals surface area contributed by atoms with Crippen LogP contribution in [0.25, 0.3) is 0 Å². The highest BCUT2D eigenvalue weighted by molar-refractivity contribution is 9.10. The zero-order chi connectivity index (χ0) is 15.6. The number of rotatable bonds is 4. The summed E-state index contributed by atoms with van der Waals surface area (Å²) >= 11 is 3.14. The fourth-order valence-electron chi connectivity index (χ4n) is 2.53. The van der Waals surface area contributed by atoms with Crippen LogP contribution in [0.2, 0.25) is 0 Å². The number of halogens is 2. The number of carbonyl (C=O) groups excluding carboxylic acids is 1. The first-order valence-corrected chi connectivity index (χ1v) is 7.21. The fourth-order valence-corrected chi connectivity index (χ4v) is 3.00. The maximum absolute atomic E-state index is 13.4. The van der Waals surface area contributed by atoms with E-state index in [9.17, 15) is 14.0 Å². The molecule has 1 aromatic carbocycles. The van der Waals surface area contributed by atoms with Crippen molar-refractivity contribution < 1.29 is 23.8 Å². The Morgan fingerprint density at radius 1 is 1.48 bits per heavy atom. The van der Waals surface area contributed by atoms with E-state index in [2.05, 4.69) is 15.9 Å². The quantitative estimate of drug-likeness (QED) is 0.895. The van der Waals surface area contributed by atoms with Crippen molar-refractivity contribution in [2.24, 2.45) is 0 Å². The molecule has 1 fully saturated rings. The maximum atomic E-state index is 13.4. The molecule has 1 aliphatic heterocycles. The third kappa shape index (κ3) is 3.79. The van der Waals surface area contributed by atoms with Crippen LogP contribution >= 0.6 is 15.9 Å². The number of methoxy groups -OCH3 is 1. The highest BCUT2D eigenvalue weighted by atomic mass is 79.9. The zero-order valence-electron chi connectivity index (χ0n) is 11.4. The lowest BCUT2D eigenvalue weighted by molar-refractivity contribution is -0.137. The SMILES string of the molecule is COC1CC(CC(=O)O)N(C(=O)c2cc(F)cc(Br)c2)C1. The van der Waals surface area contributed by atoms with Gasteiger partial charge in [-0.3, -0.25) is 9.59 Å². The molecule has 0 spiro atoms. The molecule has 1 saturated heterocycles. The Kier molecular flexibility index (Phi) is 4.95. The molecule has 0 bridgehead atoms. The standard InChI is InChI=1S/C14H15BrFNO4/c1-21-12-5-11(6-13(18)19)17(7-12)14(20)8-2-9(15)4-10(16)3-8/h2-4,11-12H,5-7H2,1H3,(H,18,19). The van der Waals surface area contributed by atoms with Crippen LogP contribution in [0, 0.1) is 5.82 Å². The summed E-state index contributed by atoms with van der Waals surface area (Å²) in [6.07, 6.45) is 0.114. The van der Waals surface area contributed by atoms with E-state index in [0.717, 1.165) is 6.07 Å².